The smallest absolute Gasteiger partial charge is 0.252 e. The molecule has 50 valence electrons. The van der Waals surface area contributed by atoms with E-state index in [9.17, 15) is 8.42 Å². The maximum atomic E-state index is 9.92. The molecule has 0 aromatic rings. The molecule has 0 N–H and O–H groups in total. The van der Waals surface area contributed by atoms with Gasteiger partial charge in [0.05, 0.1) is 22.6 Å². The number of hydrogen-bond donors (Lipinski definition) is 0. The lowest BCUT2D eigenvalue weighted by atomic mass is 10.8. The lowest BCUT2D eigenvalue weighted by Crippen LogP contribution is -2.02. The fraction of sp³-hybridized carbons (Fsp3) is 1.00. The highest BCUT2D eigenvalue weighted by molar-refractivity contribution is 7.81. The average Bonchev–Trinajstić information content (AvgIpc) is 1.68. The molecule has 0 unspecified atom stereocenters. The van der Waals surface area contributed by atoms with Gasteiger partial charge in [-0.1, -0.05) is 0 Å². The Labute approximate surface area is 50.7 Å². The summed E-state index contributed by atoms with van der Waals surface area (Å²) in [6.45, 7) is 0. The Hall–Kier alpha value is -0.0651. The largest absolute Gasteiger partial charge is 0.399 e. The fourth-order valence-corrected chi connectivity index (χ4v) is 0.204. The van der Waals surface area contributed by atoms with Crippen LogP contribution in [0.2, 0.25) is 0 Å². The fourth-order valence-electron chi connectivity index (χ4n) is 0.0680. The van der Waals surface area contributed by atoms with Crippen LogP contribution in [0.25, 0.3) is 0 Å². The van der Waals surface area contributed by atoms with E-state index in [-0.39, 0.29) is 8.41 Å². The zero-order valence-corrected chi connectivity index (χ0v) is 4.86. The first-order valence-electron chi connectivity index (χ1n) is 1.48. The zero-order valence-electron chi connectivity index (χ0n) is 4.04. The van der Waals surface area contributed by atoms with E-state index in [0.29, 0.717) is 0 Å². The van der Waals surface area contributed by atoms with Gasteiger partial charge in [0.25, 0.3) is 0 Å². The van der Waals surface area contributed by atoms with E-state index >= 15 is 0 Å². The second kappa shape index (κ2) is 3.88. The van der Waals surface area contributed by atoms with Crippen molar-refractivity contribution in [3.05, 3.63) is 0 Å². The molecule has 0 saturated carbocycles. The van der Waals surface area contributed by atoms with Gasteiger partial charge in [-0.05, 0) is 0 Å². The van der Waals surface area contributed by atoms with Crippen molar-refractivity contribution in [1.82, 2.24) is 0 Å². The first-order valence-corrected chi connectivity index (χ1v) is 2.82. The zero-order chi connectivity index (χ0) is 5.91. The van der Waals surface area contributed by atoms with Gasteiger partial charge in [0.1, 0.15) is 0 Å². The highest BCUT2D eigenvalue weighted by Gasteiger charge is 2.01. The molecule has 4 nitrogen and oxygen atoms in total. The van der Waals surface area contributed by atoms with Gasteiger partial charge < -0.3 is 0 Å². The van der Waals surface area contributed by atoms with Crippen LogP contribution < -0.4 is 0 Å². The van der Waals surface area contributed by atoms with Gasteiger partial charge in [-0.2, -0.15) is 8.42 Å². The van der Waals surface area contributed by atoms with Crippen molar-refractivity contribution in [3.63, 3.8) is 0 Å². The molecule has 0 saturated heterocycles. The third-order valence-corrected chi connectivity index (χ3v) is 1.22. The quantitative estimate of drug-likeness (QED) is 0.430. The summed E-state index contributed by atoms with van der Waals surface area (Å²) in [5.74, 6) is 0. The van der Waals surface area contributed by atoms with Crippen molar-refractivity contribution in [2.24, 2.45) is 0 Å². The standard InChI is InChI=1S/C2H6O4S.BH3/c1-5-7(3,4)6-2;/h1-2H3;1H3. The van der Waals surface area contributed by atoms with Crippen LogP contribution in [0.1, 0.15) is 0 Å². The molecule has 0 bridgehead atoms. The lowest BCUT2D eigenvalue weighted by Gasteiger charge is -1.91. The van der Waals surface area contributed by atoms with Gasteiger partial charge in [0, 0.05) is 0 Å². The minimum atomic E-state index is -3.66. The number of rotatable bonds is 2. The van der Waals surface area contributed by atoms with Gasteiger partial charge >= 0.3 is 10.4 Å². The normalized spacial score (nSPS) is 10.2. The summed E-state index contributed by atoms with van der Waals surface area (Å²) in [4.78, 5) is 0. The van der Waals surface area contributed by atoms with Gasteiger partial charge in [0.15, 0.2) is 0 Å². The highest BCUT2D eigenvalue weighted by Crippen LogP contribution is 1.85. The van der Waals surface area contributed by atoms with Gasteiger partial charge in [-0.15, -0.1) is 0 Å². The molecule has 0 aromatic heterocycles. The molecule has 0 atom stereocenters. The van der Waals surface area contributed by atoms with Crippen molar-refractivity contribution in [3.8, 4) is 0 Å². The Morgan fingerprint density at radius 1 is 1.12 bits per heavy atom. The third kappa shape index (κ3) is 4.10. The van der Waals surface area contributed by atoms with Crippen molar-refractivity contribution in [1.29, 1.82) is 0 Å². The van der Waals surface area contributed by atoms with E-state index in [1.807, 2.05) is 0 Å². The molecule has 0 spiro atoms. The summed E-state index contributed by atoms with van der Waals surface area (Å²) < 4.78 is 27.5. The van der Waals surface area contributed by atoms with E-state index < -0.39 is 10.4 Å². The molecule has 8 heavy (non-hydrogen) atoms. The van der Waals surface area contributed by atoms with Gasteiger partial charge in [0.2, 0.25) is 0 Å². The molecule has 0 fully saturated rings. The van der Waals surface area contributed by atoms with Crippen LogP contribution in [0.5, 0.6) is 0 Å². The van der Waals surface area contributed by atoms with Crippen LogP contribution >= 0.6 is 0 Å². The second-order valence-corrected chi connectivity index (χ2v) is 2.22. The molecule has 0 amide bonds. The summed E-state index contributed by atoms with van der Waals surface area (Å²) in [6, 6.07) is 0. The van der Waals surface area contributed by atoms with Crippen LogP contribution in [0.4, 0.5) is 0 Å². The van der Waals surface area contributed by atoms with Crippen LogP contribution in [0.3, 0.4) is 0 Å². The van der Waals surface area contributed by atoms with E-state index in [4.69, 9.17) is 0 Å². The SMILES string of the molecule is B.COS(=O)(=O)OC. The summed E-state index contributed by atoms with van der Waals surface area (Å²) in [5.41, 5.74) is 0. The van der Waals surface area contributed by atoms with E-state index in [2.05, 4.69) is 8.37 Å². The average molecular weight is 140 g/mol. The lowest BCUT2D eigenvalue weighted by molar-refractivity contribution is 0.286. The Kier molecular flexibility index (Phi) is 5.25. The second-order valence-electron chi connectivity index (χ2n) is 0.742. The van der Waals surface area contributed by atoms with E-state index in [0.717, 1.165) is 14.2 Å². The molecule has 0 aliphatic heterocycles. The molecule has 0 heterocycles. The first-order chi connectivity index (χ1) is 3.12. The Morgan fingerprint density at radius 2 is 1.38 bits per heavy atom. The Bertz CT molecular complexity index is 117. The number of hydrogen-bond acceptors (Lipinski definition) is 4. The Morgan fingerprint density at radius 3 is 1.38 bits per heavy atom. The molecule has 0 aromatic carbocycles. The minimum Gasteiger partial charge on any atom is -0.252 e. The van der Waals surface area contributed by atoms with Crippen LogP contribution in [-0.4, -0.2) is 31.1 Å². The topological polar surface area (TPSA) is 52.6 Å². The van der Waals surface area contributed by atoms with Gasteiger partial charge in [-0.25, -0.2) is 0 Å². The maximum Gasteiger partial charge on any atom is 0.399 e. The molecule has 0 rings (SSSR count). The van der Waals surface area contributed by atoms with E-state index in [1.165, 1.54) is 0 Å². The van der Waals surface area contributed by atoms with Crippen LogP contribution in [0.15, 0.2) is 0 Å². The third-order valence-electron chi connectivity index (χ3n) is 0.408. The van der Waals surface area contributed by atoms with Crippen molar-refractivity contribution >= 4 is 18.8 Å². The molecule has 6 heteroatoms. The molecule has 0 radical (unpaired) electrons. The molecule has 0 aliphatic carbocycles. The molecular weight excluding hydrogens is 131 g/mol. The van der Waals surface area contributed by atoms with Crippen LogP contribution in [0, 0.1) is 0 Å². The van der Waals surface area contributed by atoms with Crippen molar-refractivity contribution < 1.29 is 16.8 Å². The predicted octanol–water partition coefficient (Wildman–Crippen LogP) is -1.66. The molecular formula is C2H9BO4S. The summed E-state index contributed by atoms with van der Waals surface area (Å²) in [6.07, 6.45) is 0. The highest BCUT2D eigenvalue weighted by atomic mass is 32.3. The van der Waals surface area contributed by atoms with Gasteiger partial charge in [-0.3, -0.25) is 8.37 Å². The summed E-state index contributed by atoms with van der Waals surface area (Å²) in [5, 5.41) is 0. The van der Waals surface area contributed by atoms with Crippen molar-refractivity contribution in [2.75, 3.05) is 14.2 Å². The molecule has 0 aliphatic rings. The van der Waals surface area contributed by atoms with Crippen LogP contribution in [-0.2, 0) is 18.8 Å². The van der Waals surface area contributed by atoms with E-state index in [1.54, 1.807) is 0 Å². The minimum absolute atomic E-state index is 0. The monoisotopic (exact) mass is 140 g/mol. The summed E-state index contributed by atoms with van der Waals surface area (Å²) >= 11 is 0. The Balaban J connectivity index is 0. The van der Waals surface area contributed by atoms with Crippen molar-refractivity contribution in [2.45, 2.75) is 0 Å². The maximum absolute atomic E-state index is 9.92. The predicted molar refractivity (Wildman–Crippen MR) is 32.9 cm³/mol. The summed E-state index contributed by atoms with van der Waals surface area (Å²) in [7, 11) is -1.60. The first kappa shape index (κ1) is 10.8.